The Morgan fingerprint density at radius 3 is 2.89 bits per heavy atom. The van der Waals surface area contributed by atoms with Crippen LogP contribution in [0, 0.1) is 5.82 Å². The molecule has 0 bridgehead atoms. The molecule has 0 saturated carbocycles. The number of nitrogens with two attached hydrogens (primary N) is 1. The maximum absolute atomic E-state index is 13.1. The van der Waals surface area contributed by atoms with Crippen LogP contribution < -0.4 is 5.73 Å². The Morgan fingerprint density at radius 2 is 2.21 bits per heavy atom. The maximum Gasteiger partial charge on any atom is 0.141 e. The van der Waals surface area contributed by atoms with Crippen molar-refractivity contribution in [3.63, 3.8) is 0 Å². The second kappa shape index (κ2) is 5.93. The van der Waals surface area contributed by atoms with Gasteiger partial charge in [-0.25, -0.2) is 4.39 Å². The molecule has 2 unspecified atom stereocenters. The molecule has 5 heteroatoms. The molecule has 2 aromatic heterocycles. The molecule has 2 rings (SSSR count). The Kier molecular flexibility index (Phi) is 4.27. The molecular formula is C14H19FN4. The summed E-state index contributed by atoms with van der Waals surface area (Å²) in [4.78, 5) is 3.81. The third kappa shape index (κ3) is 3.38. The highest BCUT2D eigenvalue weighted by molar-refractivity contribution is 5.17. The monoisotopic (exact) mass is 262 g/mol. The highest BCUT2D eigenvalue weighted by Gasteiger charge is 2.11. The number of nitrogens with zero attached hydrogens (tertiary/aromatic N) is 3. The minimum atomic E-state index is -0.363. The summed E-state index contributed by atoms with van der Waals surface area (Å²) >= 11 is 0. The average Bonchev–Trinajstić information content (AvgIpc) is 2.86. The van der Waals surface area contributed by atoms with Crippen LogP contribution in [0.1, 0.15) is 43.6 Å². The molecule has 102 valence electrons. The van der Waals surface area contributed by atoms with Gasteiger partial charge in [-0.15, -0.1) is 0 Å². The van der Waals surface area contributed by atoms with E-state index in [2.05, 4.69) is 23.9 Å². The molecule has 0 spiro atoms. The fraction of sp³-hybridized carbons (Fsp3) is 0.429. The van der Waals surface area contributed by atoms with Crippen molar-refractivity contribution in [3.8, 4) is 0 Å². The van der Waals surface area contributed by atoms with Gasteiger partial charge < -0.3 is 5.73 Å². The smallest absolute Gasteiger partial charge is 0.141 e. The second-order valence-electron chi connectivity index (χ2n) is 4.79. The zero-order valence-electron chi connectivity index (χ0n) is 11.3. The summed E-state index contributed by atoms with van der Waals surface area (Å²) < 4.78 is 15.0. The van der Waals surface area contributed by atoms with E-state index in [1.165, 1.54) is 12.3 Å². The summed E-state index contributed by atoms with van der Waals surface area (Å²) in [5.41, 5.74) is 7.66. The largest absolute Gasteiger partial charge is 0.324 e. The molecule has 0 aliphatic rings. The van der Waals surface area contributed by atoms with Gasteiger partial charge in [0.05, 0.1) is 11.9 Å². The normalized spacial score (nSPS) is 14.3. The Hall–Kier alpha value is -1.75. The molecule has 2 heterocycles. The van der Waals surface area contributed by atoms with Crippen molar-refractivity contribution in [1.82, 2.24) is 14.8 Å². The Bertz CT molecular complexity index is 538. The van der Waals surface area contributed by atoms with Gasteiger partial charge in [-0.2, -0.15) is 5.10 Å². The molecule has 0 aliphatic heterocycles. The van der Waals surface area contributed by atoms with Gasteiger partial charge in [0, 0.05) is 30.9 Å². The van der Waals surface area contributed by atoms with Gasteiger partial charge in [-0.3, -0.25) is 9.67 Å². The Morgan fingerprint density at radius 1 is 1.42 bits per heavy atom. The number of hydrogen-bond donors (Lipinski definition) is 1. The lowest BCUT2D eigenvalue weighted by molar-refractivity contribution is 0.471. The van der Waals surface area contributed by atoms with E-state index in [4.69, 9.17) is 5.73 Å². The van der Waals surface area contributed by atoms with Crippen molar-refractivity contribution in [2.45, 2.75) is 38.8 Å². The number of rotatable bonds is 5. The van der Waals surface area contributed by atoms with E-state index in [0.717, 1.165) is 12.1 Å². The first-order valence-corrected chi connectivity index (χ1v) is 6.50. The summed E-state index contributed by atoms with van der Waals surface area (Å²) in [7, 11) is 0. The van der Waals surface area contributed by atoms with Crippen molar-refractivity contribution in [2.75, 3.05) is 0 Å². The number of aromatic nitrogens is 3. The van der Waals surface area contributed by atoms with Gasteiger partial charge in [-0.1, -0.05) is 6.92 Å². The number of pyridine rings is 1. The molecular weight excluding hydrogens is 243 g/mol. The third-order valence-electron chi connectivity index (χ3n) is 3.29. The molecule has 0 aliphatic carbocycles. The summed E-state index contributed by atoms with van der Waals surface area (Å²) in [6, 6.07) is 3.46. The molecule has 0 saturated heterocycles. The average molecular weight is 262 g/mol. The number of halogens is 1. The molecule has 2 aromatic rings. The van der Waals surface area contributed by atoms with Crippen LogP contribution in [0.4, 0.5) is 4.39 Å². The summed E-state index contributed by atoms with van der Waals surface area (Å²) in [5.74, 6) is -0.363. The minimum Gasteiger partial charge on any atom is -0.324 e. The van der Waals surface area contributed by atoms with Crippen LogP contribution in [0.25, 0.3) is 0 Å². The van der Waals surface area contributed by atoms with Crippen molar-refractivity contribution >= 4 is 0 Å². The third-order valence-corrected chi connectivity index (χ3v) is 3.29. The van der Waals surface area contributed by atoms with E-state index < -0.39 is 0 Å². The van der Waals surface area contributed by atoms with Crippen molar-refractivity contribution in [2.24, 2.45) is 5.73 Å². The topological polar surface area (TPSA) is 56.7 Å². The molecule has 0 radical (unpaired) electrons. The first-order valence-electron chi connectivity index (χ1n) is 6.50. The van der Waals surface area contributed by atoms with Gasteiger partial charge in [0.1, 0.15) is 5.82 Å². The zero-order valence-corrected chi connectivity index (χ0v) is 11.3. The molecule has 0 fully saturated rings. The number of hydrogen-bond acceptors (Lipinski definition) is 3. The minimum absolute atomic E-state index is 0.288. The lowest BCUT2D eigenvalue weighted by atomic mass is 10.1. The van der Waals surface area contributed by atoms with Crippen molar-refractivity contribution < 1.29 is 4.39 Å². The predicted molar refractivity (Wildman–Crippen MR) is 72.1 cm³/mol. The highest BCUT2D eigenvalue weighted by Crippen LogP contribution is 2.16. The van der Waals surface area contributed by atoms with E-state index in [9.17, 15) is 4.39 Å². The second-order valence-corrected chi connectivity index (χ2v) is 4.79. The molecule has 0 amide bonds. The summed E-state index contributed by atoms with van der Waals surface area (Å²) in [6.07, 6.45) is 6.34. The van der Waals surface area contributed by atoms with Gasteiger partial charge in [0.2, 0.25) is 0 Å². The highest BCUT2D eigenvalue weighted by atomic mass is 19.1. The quantitative estimate of drug-likeness (QED) is 0.901. The van der Waals surface area contributed by atoms with Crippen molar-refractivity contribution in [1.29, 1.82) is 0 Å². The van der Waals surface area contributed by atoms with E-state index in [1.807, 2.05) is 16.9 Å². The molecule has 4 nitrogen and oxygen atoms in total. The standard InChI is InChI=1S/C14H19FN4/c1-3-10(2)19-5-4-13(18-19)7-14(16)11-6-12(15)9-17-8-11/h4-6,8-10,14H,3,7,16H2,1-2H3. The fourth-order valence-corrected chi connectivity index (χ4v) is 1.89. The van der Waals surface area contributed by atoms with Crippen LogP contribution >= 0.6 is 0 Å². The molecule has 2 atom stereocenters. The van der Waals surface area contributed by atoms with E-state index in [0.29, 0.717) is 18.0 Å². The van der Waals surface area contributed by atoms with Crippen LogP contribution in [0.5, 0.6) is 0 Å². The SMILES string of the molecule is CCC(C)n1ccc(CC(N)c2cncc(F)c2)n1. The Labute approximate surface area is 112 Å². The van der Waals surface area contributed by atoms with Gasteiger partial charge in [0.15, 0.2) is 0 Å². The first-order chi connectivity index (χ1) is 9.10. The van der Waals surface area contributed by atoms with Crippen LogP contribution in [0.15, 0.2) is 30.7 Å². The lowest BCUT2D eigenvalue weighted by Gasteiger charge is -2.11. The fourth-order valence-electron chi connectivity index (χ4n) is 1.89. The lowest BCUT2D eigenvalue weighted by Crippen LogP contribution is -2.15. The van der Waals surface area contributed by atoms with Crippen LogP contribution in [-0.4, -0.2) is 14.8 Å². The van der Waals surface area contributed by atoms with Crippen LogP contribution in [0.2, 0.25) is 0 Å². The van der Waals surface area contributed by atoms with E-state index >= 15 is 0 Å². The molecule has 2 N–H and O–H groups in total. The van der Waals surface area contributed by atoms with E-state index in [1.54, 1.807) is 6.20 Å². The van der Waals surface area contributed by atoms with Crippen LogP contribution in [-0.2, 0) is 6.42 Å². The maximum atomic E-state index is 13.1. The van der Waals surface area contributed by atoms with Gasteiger partial charge >= 0.3 is 0 Å². The zero-order chi connectivity index (χ0) is 13.8. The first kappa shape index (κ1) is 13.7. The summed E-state index contributed by atoms with van der Waals surface area (Å²) in [6.45, 7) is 4.24. The Balaban J connectivity index is 2.06. The van der Waals surface area contributed by atoms with Gasteiger partial charge in [-0.05, 0) is 31.0 Å². The molecule has 0 aromatic carbocycles. The van der Waals surface area contributed by atoms with Gasteiger partial charge in [0.25, 0.3) is 0 Å². The molecule has 19 heavy (non-hydrogen) atoms. The van der Waals surface area contributed by atoms with Crippen molar-refractivity contribution in [3.05, 3.63) is 47.8 Å². The summed E-state index contributed by atoms with van der Waals surface area (Å²) in [5, 5.41) is 4.49. The predicted octanol–water partition coefficient (Wildman–Crippen LogP) is 2.63. The van der Waals surface area contributed by atoms with E-state index in [-0.39, 0.29) is 11.9 Å². The van der Waals surface area contributed by atoms with Crippen LogP contribution in [0.3, 0.4) is 0 Å².